The van der Waals surface area contributed by atoms with Gasteiger partial charge in [0.2, 0.25) is 0 Å². The van der Waals surface area contributed by atoms with Gasteiger partial charge in [-0.3, -0.25) is 4.79 Å². The molecule has 3 rings (SSSR count). The van der Waals surface area contributed by atoms with E-state index >= 15 is 0 Å². The number of carbonyl (C=O) groups excluding carboxylic acids is 1. The predicted molar refractivity (Wildman–Crippen MR) is 129 cm³/mol. The molecule has 34 heavy (non-hydrogen) atoms. The second-order valence-corrected chi connectivity index (χ2v) is 7.61. The Morgan fingerprint density at radius 1 is 1.18 bits per heavy atom. The lowest BCUT2D eigenvalue weighted by Gasteiger charge is -2.16. The summed E-state index contributed by atoms with van der Waals surface area (Å²) in [5.41, 5.74) is 2.50. The van der Waals surface area contributed by atoms with Gasteiger partial charge in [0.05, 0.1) is 30.6 Å². The van der Waals surface area contributed by atoms with Crippen LogP contribution in [0.15, 0.2) is 42.5 Å². The largest absolute Gasteiger partial charge is 0.495 e. The smallest absolute Gasteiger partial charge is 0.406 e. The molecule has 180 valence electrons. The lowest BCUT2D eigenvalue weighted by atomic mass is 10.1. The fourth-order valence-corrected chi connectivity index (χ4v) is 3.57. The number of alkyl halides is 3. The van der Waals surface area contributed by atoms with E-state index in [2.05, 4.69) is 22.5 Å². The van der Waals surface area contributed by atoms with E-state index in [9.17, 15) is 18.0 Å². The van der Waals surface area contributed by atoms with E-state index in [0.29, 0.717) is 34.4 Å². The Kier molecular flexibility index (Phi) is 7.61. The maximum absolute atomic E-state index is 13.2. The normalized spacial score (nSPS) is 11.0. The Bertz CT molecular complexity index is 1240. The summed E-state index contributed by atoms with van der Waals surface area (Å²) in [5, 5.41) is 6.76. The van der Waals surface area contributed by atoms with Crippen LogP contribution in [0.1, 0.15) is 23.0 Å². The molecule has 0 atom stereocenters. The highest BCUT2D eigenvalue weighted by Gasteiger charge is 2.29. The van der Waals surface area contributed by atoms with Crippen LogP contribution in [-0.4, -0.2) is 55.8 Å². The molecule has 0 bridgehead atoms. The fourth-order valence-electron chi connectivity index (χ4n) is 3.57. The van der Waals surface area contributed by atoms with E-state index in [1.54, 1.807) is 61.5 Å². The first kappa shape index (κ1) is 24.8. The summed E-state index contributed by atoms with van der Waals surface area (Å²) in [4.78, 5) is 14.0. The number of hydrogen-bond donors (Lipinski definition) is 2. The van der Waals surface area contributed by atoms with Crippen LogP contribution in [0.2, 0.25) is 0 Å². The molecule has 2 N–H and O–H groups in total. The third-order valence-corrected chi connectivity index (χ3v) is 5.40. The van der Waals surface area contributed by atoms with Crippen LogP contribution in [0.25, 0.3) is 10.9 Å². The Morgan fingerprint density at radius 3 is 2.59 bits per heavy atom. The van der Waals surface area contributed by atoms with Gasteiger partial charge in [-0.25, -0.2) is 0 Å². The summed E-state index contributed by atoms with van der Waals surface area (Å²) < 4.78 is 46.3. The molecule has 2 aromatic carbocycles. The first-order valence-corrected chi connectivity index (χ1v) is 10.7. The molecule has 0 radical (unpaired) electrons. The average molecular weight is 473 g/mol. The van der Waals surface area contributed by atoms with E-state index in [-0.39, 0.29) is 18.1 Å². The van der Waals surface area contributed by atoms with Crippen LogP contribution in [0.3, 0.4) is 0 Å². The van der Waals surface area contributed by atoms with Gasteiger partial charge in [-0.05, 0) is 49.2 Å². The third kappa shape index (κ3) is 5.57. The van der Waals surface area contributed by atoms with Crippen LogP contribution in [-0.2, 0) is 6.54 Å². The van der Waals surface area contributed by atoms with Crippen molar-refractivity contribution in [3.63, 3.8) is 0 Å². The minimum absolute atomic E-state index is 0.128. The molecule has 1 heterocycles. The van der Waals surface area contributed by atoms with Gasteiger partial charge in [0.1, 0.15) is 12.3 Å². The molecule has 9 heteroatoms. The number of benzene rings is 2. The number of rotatable bonds is 7. The van der Waals surface area contributed by atoms with E-state index < -0.39 is 12.7 Å². The molecule has 0 aliphatic heterocycles. The van der Waals surface area contributed by atoms with Crippen LogP contribution in [0, 0.1) is 11.8 Å². The van der Waals surface area contributed by atoms with E-state index in [4.69, 9.17) is 4.74 Å². The molecule has 3 aromatic rings. The molecule has 0 saturated heterocycles. The molecule has 0 saturated carbocycles. The molecule has 1 amide bonds. The summed E-state index contributed by atoms with van der Waals surface area (Å²) in [6, 6.07) is 11.8. The predicted octanol–water partition coefficient (Wildman–Crippen LogP) is 4.81. The SMILES string of the molecule is CCN(C)C(=O)c1ccc(OC)c(NCC#Cc2cc3c(NC)cccc3n2CC(F)(F)F)c1. The maximum atomic E-state index is 13.2. The number of anilines is 2. The number of ether oxygens (including phenoxy) is 1. The fraction of sp³-hybridized carbons (Fsp3) is 0.320. The van der Waals surface area contributed by atoms with Crippen molar-refractivity contribution in [3.05, 3.63) is 53.7 Å². The zero-order chi connectivity index (χ0) is 24.9. The number of amides is 1. The number of halogens is 3. The Hall–Kier alpha value is -3.80. The molecule has 0 aliphatic rings. The van der Waals surface area contributed by atoms with Crippen LogP contribution >= 0.6 is 0 Å². The topological polar surface area (TPSA) is 58.5 Å². The van der Waals surface area contributed by atoms with Gasteiger partial charge in [0.15, 0.2) is 0 Å². The summed E-state index contributed by atoms with van der Waals surface area (Å²) in [7, 11) is 4.95. The van der Waals surface area contributed by atoms with Crippen LogP contribution in [0.4, 0.5) is 24.5 Å². The van der Waals surface area contributed by atoms with Gasteiger partial charge in [0.25, 0.3) is 5.91 Å². The average Bonchev–Trinajstić information content (AvgIpc) is 3.16. The van der Waals surface area contributed by atoms with Crippen molar-refractivity contribution < 1.29 is 22.7 Å². The van der Waals surface area contributed by atoms with E-state index in [1.165, 1.54) is 11.7 Å². The lowest BCUT2D eigenvalue weighted by Crippen LogP contribution is -2.26. The first-order valence-electron chi connectivity index (χ1n) is 10.7. The Morgan fingerprint density at radius 2 is 1.94 bits per heavy atom. The highest BCUT2D eigenvalue weighted by atomic mass is 19.4. The third-order valence-electron chi connectivity index (χ3n) is 5.40. The molecule has 1 aromatic heterocycles. The summed E-state index contributed by atoms with van der Waals surface area (Å²) in [5.74, 6) is 6.15. The van der Waals surface area contributed by atoms with Gasteiger partial charge >= 0.3 is 6.18 Å². The van der Waals surface area contributed by atoms with Crippen molar-refractivity contribution in [2.75, 3.05) is 44.9 Å². The standard InChI is InChI=1S/C25H27F3N4O2/c1-5-31(3)24(33)17-11-12-23(34-4)21(14-17)30-13-7-8-18-15-19-20(29-2)9-6-10-22(19)32(18)16-25(26,27)28/h6,9-12,14-15,29-30H,5,13,16H2,1-4H3. The van der Waals surface area contributed by atoms with Crippen LogP contribution < -0.4 is 15.4 Å². The lowest BCUT2D eigenvalue weighted by molar-refractivity contribution is -0.140. The molecule has 0 fully saturated rings. The van der Waals surface area contributed by atoms with Gasteiger partial charge in [0, 0.05) is 37.3 Å². The molecular formula is C25H27F3N4O2. The quantitative estimate of drug-likeness (QED) is 0.485. The minimum Gasteiger partial charge on any atom is -0.495 e. The van der Waals surface area contributed by atoms with Crippen molar-refractivity contribution in [1.29, 1.82) is 0 Å². The van der Waals surface area contributed by atoms with Crippen molar-refractivity contribution in [2.24, 2.45) is 0 Å². The van der Waals surface area contributed by atoms with Crippen molar-refractivity contribution in [2.45, 2.75) is 19.6 Å². The molecular weight excluding hydrogens is 445 g/mol. The number of methoxy groups -OCH3 is 1. The molecule has 6 nitrogen and oxygen atoms in total. The monoisotopic (exact) mass is 472 g/mol. The van der Waals surface area contributed by atoms with Crippen molar-refractivity contribution >= 4 is 28.2 Å². The van der Waals surface area contributed by atoms with Crippen molar-refractivity contribution in [1.82, 2.24) is 9.47 Å². The van der Waals surface area contributed by atoms with Gasteiger partial charge < -0.3 is 24.8 Å². The van der Waals surface area contributed by atoms with E-state index in [0.717, 1.165) is 5.69 Å². The van der Waals surface area contributed by atoms with Gasteiger partial charge in [-0.15, -0.1) is 0 Å². The summed E-state index contributed by atoms with van der Waals surface area (Å²) >= 11 is 0. The number of hydrogen-bond acceptors (Lipinski definition) is 4. The maximum Gasteiger partial charge on any atom is 0.406 e. The minimum atomic E-state index is -4.39. The molecule has 0 aliphatic carbocycles. The zero-order valence-electron chi connectivity index (χ0n) is 19.5. The van der Waals surface area contributed by atoms with Gasteiger partial charge in [-0.1, -0.05) is 12.0 Å². The number of nitrogens with one attached hydrogen (secondary N) is 2. The number of nitrogens with zero attached hydrogens (tertiary/aromatic N) is 2. The summed E-state index contributed by atoms with van der Waals surface area (Å²) in [6.07, 6.45) is -4.39. The zero-order valence-corrected chi connectivity index (χ0v) is 19.5. The second-order valence-electron chi connectivity index (χ2n) is 7.61. The number of fused-ring (bicyclic) bond motifs is 1. The molecule has 0 spiro atoms. The van der Waals surface area contributed by atoms with Crippen LogP contribution in [0.5, 0.6) is 5.75 Å². The highest BCUT2D eigenvalue weighted by Crippen LogP contribution is 2.30. The number of aromatic nitrogens is 1. The number of carbonyl (C=O) groups is 1. The Balaban J connectivity index is 1.88. The van der Waals surface area contributed by atoms with Gasteiger partial charge in [-0.2, -0.15) is 13.2 Å². The van der Waals surface area contributed by atoms with Crippen molar-refractivity contribution in [3.8, 4) is 17.6 Å². The second kappa shape index (κ2) is 10.4. The first-order chi connectivity index (χ1) is 16.2. The Labute approximate surface area is 196 Å². The van der Waals surface area contributed by atoms with E-state index in [1.807, 2.05) is 6.92 Å². The molecule has 0 unspecified atom stereocenters. The highest BCUT2D eigenvalue weighted by molar-refractivity contribution is 5.95. The summed E-state index contributed by atoms with van der Waals surface area (Å²) in [6.45, 7) is 1.46.